The fourth-order valence-electron chi connectivity index (χ4n) is 3.83. The van der Waals surface area contributed by atoms with E-state index < -0.39 is 29.4 Å². The van der Waals surface area contributed by atoms with E-state index >= 15 is 0 Å². The lowest BCUT2D eigenvalue weighted by molar-refractivity contribution is -0.296. The number of halogens is 4. The Balaban J connectivity index is 0.00000280. The first kappa shape index (κ1) is 19.8. The van der Waals surface area contributed by atoms with Crippen molar-refractivity contribution in [3.8, 4) is 11.1 Å². The standard InChI is InChI=1S/C21H22F4O2.H2/c1-11-3-6-13(7-4-11)21(27-26)16-10-9-15(19(24)20(16)25)14-8-5-12(2)17(22)18(14)23;/h5,8-11,13,21,26H,3-4,6-7H2,1-2H3;1H. The average molecular weight is 384 g/mol. The molecule has 0 spiro atoms. The average Bonchev–Trinajstić information content (AvgIpc) is 2.66. The molecule has 0 aliphatic heterocycles. The van der Waals surface area contributed by atoms with Crippen molar-refractivity contribution in [2.45, 2.75) is 45.6 Å². The van der Waals surface area contributed by atoms with Crippen LogP contribution in [0.25, 0.3) is 11.1 Å². The number of rotatable bonds is 4. The molecule has 0 radical (unpaired) electrons. The fraction of sp³-hybridized carbons (Fsp3) is 0.429. The minimum absolute atomic E-state index is 0. The summed E-state index contributed by atoms with van der Waals surface area (Å²) in [5, 5.41) is 9.31. The van der Waals surface area contributed by atoms with E-state index in [4.69, 9.17) is 0 Å². The first-order chi connectivity index (χ1) is 12.8. The lowest BCUT2D eigenvalue weighted by Crippen LogP contribution is -2.22. The third kappa shape index (κ3) is 3.73. The van der Waals surface area contributed by atoms with Crippen LogP contribution in [-0.2, 0) is 4.89 Å². The predicted octanol–water partition coefficient (Wildman–Crippen LogP) is 6.82. The Labute approximate surface area is 157 Å². The SMILES string of the molecule is Cc1ccc(-c2ccc(C(OO)C3CCC(C)CC3)c(F)c2F)c(F)c1F.[HH]. The van der Waals surface area contributed by atoms with E-state index in [1.807, 2.05) is 0 Å². The van der Waals surface area contributed by atoms with Crippen LogP contribution in [0.2, 0.25) is 0 Å². The Morgan fingerprint density at radius 3 is 2.04 bits per heavy atom. The maximum atomic E-state index is 14.7. The Kier molecular flexibility index (Phi) is 5.86. The molecule has 0 amide bonds. The summed E-state index contributed by atoms with van der Waals surface area (Å²) in [6, 6.07) is 4.98. The van der Waals surface area contributed by atoms with Crippen LogP contribution in [0.1, 0.15) is 51.3 Å². The number of hydrogen-bond donors (Lipinski definition) is 1. The van der Waals surface area contributed by atoms with Gasteiger partial charge in [0.2, 0.25) is 0 Å². The molecule has 2 aromatic rings. The minimum atomic E-state index is -1.29. The molecule has 2 aromatic carbocycles. The second-order valence-corrected chi connectivity index (χ2v) is 7.43. The molecule has 1 aliphatic carbocycles. The Morgan fingerprint density at radius 1 is 0.889 bits per heavy atom. The van der Waals surface area contributed by atoms with Gasteiger partial charge < -0.3 is 0 Å². The molecular weight excluding hydrogens is 360 g/mol. The highest BCUT2D eigenvalue weighted by atomic mass is 19.2. The Bertz CT molecular complexity index is 836. The molecule has 0 heterocycles. The summed E-state index contributed by atoms with van der Waals surface area (Å²) in [6.07, 6.45) is 2.29. The van der Waals surface area contributed by atoms with E-state index in [-0.39, 0.29) is 29.6 Å². The summed E-state index contributed by atoms with van der Waals surface area (Å²) < 4.78 is 57.4. The number of aryl methyl sites for hydroxylation is 1. The maximum Gasteiger partial charge on any atom is 0.167 e. The summed E-state index contributed by atoms with van der Waals surface area (Å²) in [6.45, 7) is 3.51. The monoisotopic (exact) mass is 384 g/mol. The van der Waals surface area contributed by atoms with Crippen molar-refractivity contribution >= 4 is 0 Å². The molecule has 1 saturated carbocycles. The second-order valence-electron chi connectivity index (χ2n) is 7.43. The van der Waals surface area contributed by atoms with Gasteiger partial charge in [0.05, 0.1) is 0 Å². The second kappa shape index (κ2) is 7.98. The highest BCUT2D eigenvalue weighted by Crippen LogP contribution is 2.41. The van der Waals surface area contributed by atoms with E-state index in [0.29, 0.717) is 5.92 Å². The van der Waals surface area contributed by atoms with Gasteiger partial charge >= 0.3 is 0 Å². The molecule has 0 saturated heterocycles. The number of hydrogen-bond acceptors (Lipinski definition) is 2. The summed E-state index contributed by atoms with van der Waals surface area (Å²) in [5.74, 6) is -4.42. The van der Waals surface area contributed by atoms with Gasteiger partial charge in [-0.15, -0.1) is 0 Å². The highest BCUT2D eigenvalue weighted by molar-refractivity contribution is 5.66. The maximum absolute atomic E-state index is 14.7. The molecule has 148 valence electrons. The Hall–Kier alpha value is -1.92. The third-order valence-corrected chi connectivity index (χ3v) is 5.59. The zero-order chi connectivity index (χ0) is 19.7. The lowest BCUT2D eigenvalue weighted by atomic mass is 9.78. The summed E-state index contributed by atoms with van der Waals surface area (Å²) >= 11 is 0. The van der Waals surface area contributed by atoms with Crippen molar-refractivity contribution in [3.05, 3.63) is 58.7 Å². The normalized spacial score (nSPS) is 21.3. The third-order valence-electron chi connectivity index (χ3n) is 5.59. The smallest absolute Gasteiger partial charge is 0.167 e. The summed E-state index contributed by atoms with van der Waals surface area (Å²) in [4.78, 5) is 4.51. The molecule has 6 heteroatoms. The molecule has 1 N–H and O–H groups in total. The van der Waals surface area contributed by atoms with E-state index in [9.17, 15) is 22.8 Å². The molecule has 3 rings (SSSR count). The largest absolute Gasteiger partial charge is 0.251 e. The molecule has 1 aliphatic rings. The van der Waals surface area contributed by atoms with Gasteiger partial charge in [0.1, 0.15) is 6.10 Å². The van der Waals surface area contributed by atoms with Gasteiger partial charge in [-0.3, -0.25) is 5.26 Å². The van der Waals surface area contributed by atoms with Gasteiger partial charge in [0.15, 0.2) is 23.3 Å². The zero-order valence-electron chi connectivity index (χ0n) is 15.2. The number of benzene rings is 2. The summed E-state index contributed by atoms with van der Waals surface area (Å²) in [7, 11) is 0. The van der Waals surface area contributed by atoms with Crippen molar-refractivity contribution in [3.63, 3.8) is 0 Å². The molecule has 2 nitrogen and oxygen atoms in total. The van der Waals surface area contributed by atoms with Gasteiger partial charge in [0.25, 0.3) is 0 Å². The molecule has 0 bridgehead atoms. The van der Waals surface area contributed by atoms with Crippen LogP contribution in [-0.4, -0.2) is 5.26 Å². The van der Waals surface area contributed by atoms with E-state index in [2.05, 4.69) is 11.8 Å². The quantitative estimate of drug-likeness (QED) is 0.356. The van der Waals surface area contributed by atoms with Crippen LogP contribution < -0.4 is 0 Å². The highest BCUT2D eigenvalue weighted by Gasteiger charge is 2.32. The van der Waals surface area contributed by atoms with Crippen molar-refractivity contribution in [2.75, 3.05) is 0 Å². The van der Waals surface area contributed by atoms with Crippen LogP contribution in [0.15, 0.2) is 24.3 Å². The van der Waals surface area contributed by atoms with E-state index in [1.54, 1.807) is 0 Å². The zero-order valence-corrected chi connectivity index (χ0v) is 15.2. The minimum Gasteiger partial charge on any atom is -0.251 e. The van der Waals surface area contributed by atoms with Crippen molar-refractivity contribution < 1.29 is 29.1 Å². The first-order valence-corrected chi connectivity index (χ1v) is 9.08. The van der Waals surface area contributed by atoms with Crippen LogP contribution in [0, 0.1) is 42.0 Å². The molecule has 1 fully saturated rings. The van der Waals surface area contributed by atoms with Crippen molar-refractivity contribution in [1.82, 2.24) is 0 Å². The van der Waals surface area contributed by atoms with Crippen molar-refractivity contribution in [2.24, 2.45) is 11.8 Å². The molecule has 1 unspecified atom stereocenters. The predicted molar refractivity (Wildman–Crippen MR) is 96.1 cm³/mol. The summed E-state index contributed by atoms with van der Waals surface area (Å²) in [5.41, 5.74) is -0.768. The van der Waals surface area contributed by atoms with Crippen LogP contribution in [0.3, 0.4) is 0 Å². The van der Waals surface area contributed by atoms with E-state index in [0.717, 1.165) is 25.7 Å². The topological polar surface area (TPSA) is 29.5 Å². The van der Waals surface area contributed by atoms with Gasteiger partial charge in [0, 0.05) is 18.1 Å². The Morgan fingerprint density at radius 2 is 1.44 bits per heavy atom. The lowest BCUT2D eigenvalue weighted by Gasteiger charge is -2.31. The van der Waals surface area contributed by atoms with Gasteiger partial charge in [-0.25, -0.2) is 22.4 Å². The molecule has 27 heavy (non-hydrogen) atoms. The van der Waals surface area contributed by atoms with Crippen LogP contribution >= 0.6 is 0 Å². The van der Waals surface area contributed by atoms with Gasteiger partial charge in [-0.2, -0.15) is 0 Å². The fourth-order valence-corrected chi connectivity index (χ4v) is 3.83. The molecular formula is C21H24F4O2. The molecule has 1 atom stereocenters. The van der Waals surface area contributed by atoms with Gasteiger partial charge in [-0.05, 0) is 37.2 Å². The van der Waals surface area contributed by atoms with E-state index in [1.165, 1.54) is 31.2 Å². The van der Waals surface area contributed by atoms with Crippen LogP contribution in [0.5, 0.6) is 0 Å². The molecule has 0 aromatic heterocycles. The van der Waals surface area contributed by atoms with Crippen molar-refractivity contribution in [1.29, 1.82) is 0 Å². The van der Waals surface area contributed by atoms with Crippen LogP contribution in [0.4, 0.5) is 17.6 Å². The van der Waals surface area contributed by atoms with Gasteiger partial charge in [-0.1, -0.05) is 44.0 Å². The first-order valence-electron chi connectivity index (χ1n) is 9.08.